The molecule has 0 aliphatic heterocycles. The maximum atomic E-state index is 13.7. The zero-order valence-electron chi connectivity index (χ0n) is 18.8. The molecule has 5 nitrogen and oxygen atoms in total. The lowest BCUT2D eigenvalue weighted by Gasteiger charge is -2.25. The number of carbonyl (C=O) groups is 2. The second-order valence-electron chi connectivity index (χ2n) is 8.10. The lowest BCUT2D eigenvalue weighted by atomic mass is 10.1. The molecule has 0 aliphatic carbocycles. The van der Waals surface area contributed by atoms with E-state index >= 15 is 0 Å². The van der Waals surface area contributed by atoms with Crippen LogP contribution in [0.4, 0.5) is 11.4 Å². The highest BCUT2D eigenvalue weighted by Gasteiger charge is 2.23. The Hall–Kier alpha value is -3.48. The molecule has 4 aromatic rings. The van der Waals surface area contributed by atoms with Crippen LogP contribution < -0.4 is 10.2 Å². The first-order valence-corrected chi connectivity index (χ1v) is 11.7. The van der Waals surface area contributed by atoms with Crippen molar-refractivity contribution in [3.63, 3.8) is 0 Å². The van der Waals surface area contributed by atoms with E-state index in [0.29, 0.717) is 28.4 Å². The molecule has 4 rings (SSSR count). The molecule has 0 unspecified atom stereocenters. The number of anilines is 2. The van der Waals surface area contributed by atoms with E-state index in [-0.39, 0.29) is 11.8 Å². The second kappa shape index (κ2) is 10.4. The van der Waals surface area contributed by atoms with Crippen molar-refractivity contribution in [1.82, 2.24) is 4.90 Å². The highest BCUT2D eigenvalue weighted by molar-refractivity contribution is 7.20. The molecule has 1 heterocycles. The number of rotatable bonds is 8. The first-order chi connectivity index (χ1) is 16.0. The summed E-state index contributed by atoms with van der Waals surface area (Å²) in [5.74, 6) is -0.262. The fourth-order valence-corrected chi connectivity index (χ4v) is 4.71. The number of amides is 2. The standard InChI is InChI=1S/C27H27N3O2S/c1-29(2)17-10-18-30(27(32)25-19-21-13-6-9-16-24(21)33-25)23-15-8-7-14-22(23)28-26(31)20-11-4-3-5-12-20/h3-9,11-16,19H,10,17-18H2,1-2H3,(H,28,31). The summed E-state index contributed by atoms with van der Waals surface area (Å²) in [7, 11) is 4.04. The van der Waals surface area contributed by atoms with Gasteiger partial charge in [0.2, 0.25) is 0 Å². The van der Waals surface area contributed by atoms with Gasteiger partial charge in [0.25, 0.3) is 11.8 Å². The molecule has 168 valence electrons. The lowest BCUT2D eigenvalue weighted by molar-refractivity contribution is 0.0986. The Morgan fingerprint density at radius 1 is 0.848 bits per heavy atom. The fraction of sp³-hybridized carbons (Fsp3) is 0.185. The van der Waals surface area contributed by atoms with Crippen LogP contribution in [0.1, 0.15) is 26.5 Å². The predicted molar refractivity (Wildman–Crippen MR) is 138 cm³/mol. The first-order valence-electron chi connectivity index (χ1n) is 10.9. The zero-order valence-corrected chi connectivity index (χ0v) is 19.6. The summed E-state index contributed by atoms with van der Waals surface area (Å²) < 4.78 is 1.08. The van der Waals surface area contributed by atoms with E-state index in [2.05, 4.69) is 10.2 Å². The van der Waals surface area contributed by atoms with Crippen LogP contribution >= 0.6 is 11.3 Å². The average Bonchev–Trinajstić information content (AvgIpc) is 3.27. The first kappa shape index (κ1) is 22.7. The molecule has 33 heavy (non-hydrogen) atoms. The maximum Gasteiger partial charge on any atom is 0.268 e. The van der Waals surface area contributed by atoms with Gasteiger partial charge in [-0.1, -0.05) is 48.5 Å². The van der Waals surface area contributed by atoms with Gasteiger partial charge in [-0.2, -0.15) is 0 Å². The summed E-state index contributed by atoms with van der Waals surface area (Å²) in [6, 6.07) is 26.5. The van der Waals surface area contributed by atoms with Crippen molar-refractivity contribution in [2.75, 3.05) is 37.4 Å². The molecule has 6 heteroatoms. The number of thiophene rings is 1. The highest BCUT2D eigenvalue weighted by atomic mass is 32.1. The molecule has 2 amide bonds. The molecule has 0 radical (unpaired) electrons. The number of fused-ring (bicyclic) bond motifs is 1. The molecular formula is C27H27N3O2S. The van der Waals surface area contributed by atoms with Gasteiger partial charge >= 0.3 is 0 Å². The van der Waals surface area contributed by atoms with Crippen molar-refractivity contribution in [3.05, 3.63) is 95.4 Å². The Balaban J connectivity index is 1.67. The third-order valence-electron chi connectivity index (χ3n) is 5.35. The highest BCUT2D eigenvalue weighted by Crippen LogP contribution is 2.31. The van der Waals surface area contributed by atoms with Crippen LogP contribution in [0.15, 0.2) is 84.9 Å². The lowest BCUT2D eigenvalue weighted by Crippen LogP contribution is -2.34. The van der Waals surface area contributed by atoms with E-state index in [0.717, 1.165) is 23.1 Å². The SMILES string of the molecule is CN(C)CCCN(C(=O)c1cc2ccccc2s1)c1ccccc1NC(=O)c1ccccc1. The van der Waals surface area contributed by atoms with Crippen LogP contribution in [0.25, 0.3) is 10.1 Å². The summed E-state index contributed by atoms with van der Waals surface area (Å²) in [6.07, 6.45) is 0.810. The van der Waals surface area contributed by atoms with Crippen LogP contribution in [-0.2, 0) is 0 Å². The minimum absolute atomic E-state index is 0.0589. The van der Waals surface area contributed by atoms with Gasteiger partial charge in [0.05, 0.1) is 16.3 Å². The number of hydrogen-bond donors (Lipinski definition) is 1. The maximum absolute atomic E-state index is 13.7. The van der Waals surface area contributed by atoms with Crippen molar-refractivity contribution < 1.29 is 9.59 Å². The number of benzene rings is 3. The Labute approximate surface area is 198 Å². The molecule has 0 bridgehead atoms. The Bertz CT molecular complexity index is 1220. The van der Waals surface area contributed by atoms with Crippen molar-refractivity contribution in [2.45, 2.75) is 6.42 Å². The van der Waals surface area contributed by atoms with Gasteiger partial charge in [-0.05, 0) is 68.8 Å². The minimum atomic E-state index is -0.203. The summed E-state index contributed by atoms with van der Waals surface area (Å²) in [5.41, 5.74) is 1.89. The topological polar surface area (TPSA) is 52.6 Å². The van der Waals surface area contributed by atoms with E-state index < -0.39 is 0 Å². The van der Waals surface area contributed by atoms with E-state index in [9.17, 15) is 9.59 Å². The summed E-state index contributed by atoms with van der Waals surface area (Å²) >= 11 is 1.50. The fourth-order valence-electron chi connectivity index (χ4n) is 3.70. The molecule has 1 N–H and O–H groups in total. The molecular weight excluding hydrogens is 430 g/mol. The molecule has 0 saturated heterocycles. The van der Waals surface area contributed by atoms with Gasteiger partial charge in [0.1, 0.15) is 0 Å². The molecule has 0 spiro atoms. The quantitative estimate of drug-likeness (QED) is 0.366. The Kier molecular flexibility index (Phi) is 7.17. The van der Waals surface area contributed by atoms with Crippen LogP contribution in [0.5, 0.6) is 0 Å². The van der Waals surface area contributed by atoms with Crippen molar-refractivity contribution in [2.24, 2.45) is 0 Å². The number of para-hydroxylation sites is 2. The van der Waals surface area contributed by atoms with Crippen LogP contribution in [0.3, 0.4) is 0 Å². The summed E-state index contributed by atoms with van der Waals surface area (Å²) in [4.78, 5) is 31.1. The molecule has 0 saturated carbocycles. The summed E-state index contributed by atoms with van der Waals surface area (Å²) in [5, 5.41) is 4.06. The molecule has 1 aromatic heterocycles. The largest absolute Gasteiger partial charge is 0.320 e. The van der Waals surface area contributed by atoms with E-state index in [1.807, 2.05) is 86.9 Å². The van der Waals surface area contributed by atoms with Crippen LogP contribution in [0.2, 0.25) is 0 Å². The number of nitrogens with zero attached hydrogens (tertiary/aromatic N) is 2. The van der Waals surface area contributed by atoms with Crippen molar-refractivity contribution in [1.29, 1.82) is 0 Å². The van der Waals surface area contributed by atoms with E-state index in [1.165, 1.54) is 11.3 Å². The van der Waals surface area contributed by atoms with Gasteiger partial charge in [-0.25, -0.2) is 0 Å². The van der Waals surface area contributed by atoms with Gasteiger partial charge < -0.3 is 15.1 Å². The molecule has 3 aromatic carbocycles. The van der Waals surface area contributed by atoms with Crippen LogP contribution in [-0.4, -0.2) is 43.9 Å². The average molecular weight is 458 g/mol. The monoisotopic (exact) mass is 457 g/mol. The molecule has 0 atom stereocenters. The number of hydrogen-bond acceptors (Lipinski definition) is 4. The Morgan fingerprint density at radius 2 is 1.55 bits per heavy atom. The number of nitrogens with one attached hydrogen (secondary N) is 1. The number of carbonyl (C=O) groups excluding carboxylic acids is 2. The summed E-state index contributed by atoms with van der Waals surface area (Å²) in [6.45, 7) is 1.40. The zero-order chi connectivity index (χ0) is 23.2. The molecule has 0 fully saturated rings. The Morgan fingerprint density at radius 3 is 2.30 bits per heavy atom. The third kappa shape index (κ3) is 5.48. The second-order valence-corrected chi connectivity index (χ2v) is 9.18. The van der Waals surface area contributed by atoms with Crippen molar-refractivity contribution in [3.8, 4) is 0 Å². The van der Waals surface area contributed by atoms with Crippen molar-refractivity contribution >= 4 is 44.6 Å². The van der Waals surface area contributed by atoms with E-state index in [4.69, 9.17) is 0 Å². The van der Waals surface area contributed by atoms with E-state index in [1.54, 1.807) is 17.0 Å². The normalized spacial score (nSPS) is 11.0. The predicted octanol–water partition coefficient (Wildman–Crippen LogP) is 5.75. The van der Waals surface area contributed by atoms with Gasteiger partial charge in [0.15, 0.2) is 0 Å². The van der Waals surface area contributed by atoms with Crippen LogP contribution in [0, 0.1) is 0 Å². The van der Waals surface area contributed by atoms with Gasteiger partial charge in [-0.3, -0.25) is 9.59 Å². The third-order valence-corrected chi connectivity index (χ3v) is 6.45. The molecule has 0 aliphatic rings. The smallest absolute Gasteiger partial charge is 0.268 e. The van der Waals surface area contributed by atoms with Gasteiger partial charge in [-0.15, -0.1) is 11.3 Å². The minimum Gasteiger partial charge on any atom is -0.320 e. The van der Waals surface area contributed by atoms with Gasteiger partial charge in [0, 0.05) is 16.8 Å².